The van der Waals surface area contributed by atoms with Crippen molar-refractivity contribution in [3.05, 3.63) is 40.6 Å². The highest BCUT2D eigenvalue weighted by Crippen LogP contribution is 2.48. The molecular weight excluding hydrogens is 512 g/mol. The highest BCUT2D eigenvalue weighted by atomic mass is 16.7. The molecule has 14 heteroatoms. The number of ether oxygens (including phenoxy) is 2. The Hall–Kier alpha value is -4.21. The summed E-state index contributed by atoms with van der Waals surface area (Å²) >= 11 is 0. The van der Waals surface area contributed by atoms with Crippen molar-refractivity contribution in [1.82, 2.24) is 0 Å². The van der Waals surface area contributed by atoms with Crippen molar-refractivity contribution in [3.8, 4) is 40.1 Å². The van der Waals surface area contributed by atoms with Gasteiger partial charge in [0.05, 0.1) is 13.0 Å². The van der Waals surface area contributed by atoms with Crippen LogP contribution in [0, 0.1) is 0 Å². The Balaban J connectivity index is 1.82. The van der Waals surface area contributed by atoms with Crippen molar-refractivity contribution < 1.29 is 64.3 Å². The van der Waals surface area contributed by atoms with Gasteiger partial charge in [-0.05, 0) is 18.2 Å². The van der Waals surface area contributed by atoms with Gasteiger partial charge >= 0.3 is 5.79 Å². The maximum atomic E-state index is 13.6. The SMILES string of the molecule is O=C1CC(=O)[C@@]2(O)[C@@H](O)[C@H](O)[C@@H](CO)OC12Oc1c(-c2ccc(O)c(O)c2)oc2cc(O)cc(O)c2c1=O. The first-order chi connectivity index (χ1) is 17.9. The van der Waals surface area contributed by atoms with E-state index in [1.807, 2.05) is 0 Å². The summed E-state index contributed by atoms with van der Waals surface area (Å²) in [5.41, 5.74) is -5.01. The minimum atomic E-state index is -3.25. The zero-order valence-corrected chi connectivity index (χ0v) is 19.1. The summed E-state index contributed by atoms with van der Waals surface area (Å²) in [5, 5.41) is 81.1. The van der Waals surface area contributed by atoms with Gasteiger partial charge in [-0.2, -0.15) is 0 Å². The molecule has 5 atom stereocenters. The molecule has 0 spiro atoms. The molecule has 0 bridgehead atoms. The third-order valence-corrected chi connectivity index (χ3v) is 6.65. The van der Waals surface area contributed by atoms with Crippen LogP contribution in [0.1, 0.15) is 6.42 Å². The molecule has 1 saturated carbocycles. The number of Topliss-reactive ketones (excluding diaryl/α,β-unsaturated/α-hetero) is 2. The number of carbonyl (C=O) groups is 2. The molecule has 2 aromatic carbocycles. The maximum absolute atomic E-state index is 13.6. The van der Waals surface area contributed by atoms with Gasteiger partial charge in [0, 0.05) is 17.7 Å². The van der Waals surface area contributed by atoms with Gasteiger partial charge in [0.25, 0.3) is 0 Å². The fraction of sp³-hybridized carbons (Fsp3) is 0.292. The minimum Gasteiger partial charge on any atom is -0.508 e. The lowest BCUT2D eigenvalue weighted by atomic mass is 9.80. The summed E-state index contributed by atoms with van der Waals surface area (Å²) < 4.78 is 16.7. The van der Waals surface area contributed by atoms with E-state index in [2.05, 4.69) is 0 Å². The molecule has 38 heavy (non-hydrogen) atoms. The van der Waals surface area contributed by atoms with Crippen molar-refractivity contribution in [3.63, 3.8) is 0 Å². The van der Waals surface area contributed by atoms with E-state index in [0.29, 0.717) is 0 Å². The van der Waals surface area contributed by atoms with E-state index < -0.39 is 105 Å². The van der Waals surface area contributed by atoms with Crippen LogP contribution in [-0.2, 0) is 14.3 Å². The molecule has 0 amide bonds. The first kappa shape index (κ1) is 25.4. The average Bonchev–Trinajstić information content (AvgIpc) is 3.05. The zero-order valence-electron chi connectivity index (χ0n) is 19.1. The number of rotatable bonds is 4. The van der Waals surface area contributed by atoms with Crippen LogP contribution in [0.25, 0.3) is 22.3 Å². The normalized spacial score (nSPS) is 29.0. The average molecular weight is 532 g/mol. The molecule has 2 heterocycles. The van der Waals surface area contributed by atoms with Crippen LogP contribution in [0.5, 0.6) is 28.7 Å². The largest absolute Gasteiger partial charge is 0.508 e. The highest BCUT2D eigenvalue weighted by Gasteiger charge is 2.77. The summed E-state index contributed by atoms with van der Waals surface area (Å²) in [7, 11) is 0. The van der Waals surface area contributed by atoms with Crippen LogP contribution in [-0.4, -0.2) is 88.7 Å². The second-order valence-electron chi connectivity index (χ2n) is 8.91. The summed E-state index contributed by atoms with van der Waals surface area (Å²) in [6.07, 6.45) is -7.28. The molecule has 8 N–H and O–H groups in total. The Labute approximate surface area is 210 Å². The van der Waals surface area contributed by atoms with Crippen LogP contribution < -0.4 is 10.2 Å². The van der Waals surface area contributed by atoms with E-state index >= 15 is 0 Å². The number of hydrogen-bond donors (Lipinski definition) is 8. The van der Waals surface area contributed by atoms with Gasteiger partial charge in [0.1, 0.15) is 40.8 Å². The Kier molecular flexibility index (Phi) is 5.63. The number of aliphatic hydroxyl groups is 4. The first-order valence-corrected chi connectivity index (χ1v) is 11.0. The van der Waals surface area contributed by atoms with Crippen LogP contribution >= 0.6 is 0 Å². The number of benzene rings is 2. The molecule has 1 saturated heterocycles. The molecule has 14 nitrogen and oxygen atoms in total. The molecule has 1 aliphatic carbocycles. The van der Waals surface area contributed by atoms with Crippen LogP contribution in [0.15, 0.2) is 39.5 Å². The lowest BCUT2D eigenvalue weighted by molar-refractivity contribution is -0.340. The first-order valence-electron chi connectivity index (χ1n) is 11.0. The molecule has 5 rings (SSSR count). The molecule has 2 fully saturated rings. The summed E-state index contributed by atoms with van der Waals surface area (Å²) in [4.78, 5) is 39.4. The maximum Gasteiger partial charge on any atom is 0.311 e. The summed E-state index contributed by atoms with van der Waals surface area (Å²) in [6.45, 7) is -1.01. The van der Waals surface area contributed by atoms with Gasteiger partial charge in [-0.25, -0.2) is 0 Å². The number of carbonyl (C=O) groups excluding carboxylic acids is 2. The number of phenolic OH excluding ortho intramolecular Hbond substituents is 4. The second kappa shape index (κ2) is 8.41. The van der Waals surface area contributed by atoms with Gasteiger partial charge in [0.2, 0.25) is 22.6 Å². The van der Waals surface area contributed by atoms with E-state index in [0.717, 1.165) is 30.3 Å². The van der Waals surface area contributed by atoms with Crippen molar-refractivity contribution >= 4 is 22.5 Å². The fourth-order valence-electron chi connectivity index (χ4n) is 4.71. The van der Waals surface area contributed by atoms with E-state index in [1.165, 1.54) is 0 Å². The predicted molar refractivity (Wildman–Crippen MR) is 121 cm³/mol. The molecule has 200 valence electrons. The quantitative estimate of drug-likeness (QED) is 0.144. The molecule has 1 unspecified atom stereocenters. The Morgan fingerprint density at radius 2 is 1.66 bits per heavy atom. The number of aromatic hydroxyl groups is 4. The standard InChI is InChI=1S/C24H20O14/c25-7-14-18(32)22(34)23(35)15(30)6-16(31)24(23,37-14)38-21-19(33)17-12(29)4-9(26)5-13(17)36-20(21)8-1-2-10(27)11(28)3-8/h1-5,14,18,22,25-29,32,34-35H,6-7H2/t14-,18-,22+,23-,24?/m1/s1. The summed E-state index contributed by atoms with van der Waals surface area (Å²) in [5.74, 6) is -9.83. The van der Waals surface area contributed by atoms with Crippen molar-refractivity contribution in [1.29, 1.82) is 0 Å². The van der Waals surface area contributed by atoms with Crippen molar-refractivity contribution in [2.75, 3.05) is 6.61 Å². The van der Waals surface area contributed by atoms with Gasteiger partial charge in [-0.1, -0.05) is 0 Å². The van der Waals surface area contributed by atoms with Gasteiger partial charge in [0.15, 0.2) is 23.0 Å². The molecule has 3 aromatic rings. The minimum absolute atomic E-state index is 0.163. The van der Waals surface area contributed by atoms with Gasteiger partial charge in [-0.3, -0.25) is 14.4 Å². The number of fused-ring (bicyclic) bond motifs is 2. The third kappa shape index (κ3) is 3.28. The lowest BCUT2D eigenvalue weighted by Gasteiger charge is -2.49. The molecule has 1 aliphatic heterocycles. The molecule has 1 aromatic heterocycles. The Morgan fingerprint density at radius 1 is 0.947 bits per heavy atom. The summed E-state index contributed by atoms with van der Waals surface area (Å²) in [6, 6.07) is 4.85. The van der Waals surface area contributed by atoms with Gasteiger partial charge in [-0.15, -0.1) is 0 Å². The number of phenols is 4. The topological polar surface area (TPSA) is 245 Å². The van der Waals surface area contributed by atoms with Crippen molar-refractivity contribution in [2.24, 2.45) is 0 Å². The Morgan fingerprint density at radius 3 is 2.32 bits per heavy atom. The predicted octanol–water partition coefficient (Wildman–Crippen LogP) is -1.26. The molecular formula is C24H20O14. The molecule has 0 radical (unpaired) electrons. The van der Waals surface area contributed by atoms with Crippen LogP contribution in [0.4, 0.5) is 0 Å². The number of aliphatic hydroxyl groups excluding tert-OH is 3. The second-order valence-corrected chi connectivity index (χ2v) is 8.91. The van der Waals surface area contributed by atoms with E-state index in [4.69, 9.17) is 13.9 Å². The van der Waals surface area contributed by atoms with Crippen molar-refractivity contribution in [2.45, 2.75) is 36.1 Å². The highest BCUT2D eigenvalue weighted by molar-refractivity contribution is 6.16. The smallest absolute Gasteiger partial charge is 0.311 e. The van der Waals surface area contributed by atoms with E-state index in [-0.39, 0.29) is 5.56 Å². The van der Waals surface area contributed by atoms with Crippen LogP contribution in [0.2, 0.25) is 0 Å². The van der Waals surface area contributed by atoms with E-state index in [9.17, 15) is 55.2 Å². The number of ketones is 2. The third-order valence-electron chi connectivity index (χ3n) is 6.65. The lowest BCUT2D eigenvalue weighted by Crippen LogP contribution is -2.76. The monoisotopic (exact) mass is 532 g/mol. The van der Waals surface area contributed by atoms with E-state index in [1.54, 1.807) is 0 Å². The zero-order chi connectivity index (χ0) is 27.7. The fourth-order valence-corrected chi connectivity index (χ4v) is 4.71. The van der Waals surface area contributed by atoms with Gasteiger partial charge < -0.3 is 54.7 Å². The number of hydrogen-bond acceptors (Lipinski definition) is 14. The molecule has 2 aliphatic rings. The Bertz CT molecular complexity index is 1560. The van der Waals surface area contributed by atoms with Crippen LogP contribution in [0.3, 0.4) is 0 Å².